The van der Waals surface area contributed by atoms with Gasteiger partial charge in [-0.1, -0.05) is 0 Å². The monoisotopic (exact) mass is 233 g/mol. The Morgan fingerprint density at radius 3 is 3.00 bits per heavy atom. The summed E-state index contributed by atoms with van der Waals surface area (Å²) in [7, 11) is 1.86. The highest BCUT2D eigenvalue weighted by Crippen LogP contribution is 2.29. The van der Waals surface area contributed by atoms with E-state index in [0.717, 1.165) is 13.1 Å². The molecule has 1 heterocycles. The second-order valence-corrected chi connectivity index (χ2v) is 4.56. The van der Waals surface area contributed by atoms with E-state index in [4.69, 9.17) is 0 Å². The molecular weight excluding hydrogens is 214 g/mol. The van der Waals surface area contributed by atoms with Crippen LogP contribution < -0.4 is 5.32 Å². The van der Waals surface area contributed by atoms with Crippen molar-refractivity contribution in [2.45, 2.75) is 19.8 Å². The number of hydrogen-bond acceptors (Lipinski definition) is 3. The molecule has 4 heteroatoms. The lowest BCUT2D eigenvalue weighted by Gasteiger charge is -2.18. The average Bonchev–Trinajstić information content (AvgIpc) is 3.13. The van der Waals surface area contributed by atoms with Crippen LogP contribution in [-0.2, 0) is 0 Å². The number of carbonyl (C=O) groups excluding carboxylic acids is 1. The first-order chi connectivity index (χ1) is 8.22. The van der Waals surface area contributed by atoms with Gasteiger partial charge in [0, 0.05) is 26.3 Å². The van der Waals surface area contributed by atoms with E-state index in [0.29, 0.717) is 17.3 Å². The van der Waals surface area contributed by atoms with Gasteiger partial charge in [-0.3, -0.25) is 4.79 Å². The largest absolute Gasteiger partial charge is 0.370 e. The molecule has 0 spiro atoms. The molecule has 1 aromatic rings. The first-order valence-electron chi connectivity index (χ1n) is 6.16. The Labute approximate surface area is 102 Å². The zero-order chi connectivity index (χ0) is 12.3. The van der Waals surface area contributed by atoms with Gasteiger partial charge in [0.15, 0.2) is 0 Å². The van der Waals surface area contributed by atoms with Gasteiger partial charge in [-0.15, -0.1) is 0 Å². The number of amides is 1. The summed E-state index contributed by atoms with van der Waals surface area (Å²) >= 11 is 0. The predicted molar refractivity (Wildman–Crippen MR) is 68.1 cm³/mol. The fourth-order valence-electron chi connectivity index (χ4n) is 1.86. The van der Waals surface area contributed by atoms with Crippen LogP contribution in [0.5, 0.6) is 0 Å². The summed E-state index contributed by atoms with van der Waals surface area (Å²) in [5.41, 5.74) is 0.664. The van der Waals surface area contributed by atoms with Gasteiger partial charge in [-0.2, -0.15) is 0 Å². The number of nitrogens with one attached hydrogen (secondary N) is 1. The van der Waals surface area contributed by atoms with E-state index in [2.05, 4.69) is 10.3 Å². The van der Waals surface area contributed by atoms with Crippen molar-refractivity contribution < 1.29 is 4.79 Å². The number of pyridine rings is 1. The lowest BCUT2D eigenvalue weighted by Crippen LogP contribution is -2.29. The summed E-state index contributed by atoms with van der Waals surface area (Å²) in [4.78, 5) is 18.3. The first-order valence-corrected chi connectivity index (χ1v) is 6.16. The van der Waals surface area contributed by atoms with Crippen LogP contribution in [0.2, 0.25) is 0 Å². The van der Waals surface area contributed by atoms with E-state index in [1.54, 1.807) is 17.2 Å². The van der Waals surface area contributed by atoms with Crippen molar-refractivity contribution in [2.75, 3.05) is 25.5 Å². The third kappa shape index (κ3) is 2.96. The van der Waals surface area contributed by atoms with Crippen LogP contribution in [0.25, 0.3) is 0 Å². The highest BCUT2D eigenvalue weighted by Gasteiger charge is 2.26. The van der Waals surface area contributed by atoms with E-state index in [1.165, 1.54) is 12.8 Å². The smallest absolute Gasteiger partial charge is 0.257 e. The molecule has 0 aromatic carbocycles. The van der Waals surface area contributed by atoms with Crippen LogP contribution in [0.1, 0.15) is 30.1 Å². The average molecular weight is 233 g/mol. The molecule has 2 rings (SSSR count). The van der Waals surface area contributed by atoms with Gasteiger partial charge in [0.2, 0.25) is 0 Å². The molecule has 4 nitrogen and oxygen atoms in total. The third-order valence-electron chi connectivity index (χ3n) is 2.96. The first kappa shape index (κ1) is 11.9. The molecule has 0 aliphatic heterocycles. The van der Waals surface area contributed by atoms with Crippen LogP contribution in [0, 0.1) is 5.92 Å². The number of hydrogen-bond donors (Lipinski definition) is 1. The fraction of sp³-hybridized carbons (Fsp3) is 0.538. The molecule has 1 fully saturated rings. The van der Waals surface area contributed by atoms with Gasteiger partial charge >= 0.3 is 0 Å². The van der Waals surface area contributed by atoms with Crippen molar-refractivity contribution in [3.8, 4) is 0 Å². The molecule has 0 bridgehead atoms. The third-order valence-corrected chi connectivity index (χ3v) is 2.96. The second-order valence-electron chi connectivity index (χ2n) is 4.56. The maximum Gasteiger partial charge on any atom is 0.257 e. The summed E-state index contributed by atoms with van der Waals surface area (Å²) in [6.07, 6.45) is 4.21. The van der Waals surface area contributed by atoms with Crippen LogP contribution in [0.4, 0.5) is 5.82 Å². The predicted octanol–water partition coefficient (Wildman–Crippen LogP) is 2.00. The molecular formula is C13H19N3O. The van der Waals surface area contributed by atoms with Gasteiger partial charge < -0.3 is 10.2 Å². The SMILES string of the molecule is CCNc1ncccc1C(=O)N(C)CC1CC1. The Kier molecular flexibility index (Phi) is 3.61. The summed E-state index contributed by atoms with van der Waals surface area (Å²) in [5, 5.41) is 3.12. The Balaban J connectivity index is 2.10. The summed E-state index contributed by atoms with van der Waals surface area (Å²) < 4.78 is 0. The van der Waals surface area contributed by atoms with Crippen LogP contribution in [0.3, 0.4) is 0 Å². The molecule has 1 N–H and O–H groups in total. The van der Waals surface area contributed by atoms with E-state index in [-0.39, 0.29) is 5.91 Å². The molecule has 0 radical (unpaired) electrons. The van der Waals surface area contributed by atoms with E-state index in [9.17, 15) is 4.79 Å². The number of aromatic nitrogens is 1. The van der Waals surface area contributed by atoms with Gasteiger partial charge in [-0.25, -0.2) is 4.98 Å². The zero-order valence-electron chi connectivity index (χ0n) is 10.4. The topological polar surface area (TPSA) is 45.2 Å². The highest BCUT2D eigenvalue weighted by atomic mass is 16.2. The molecule has 17 heavy (non-hydrogen) atoms. The summed E-state index contributed by atoms with van der Waals surface area (Å²) in [6.45, 7) is 3.62. The minimum atomic E-state index is 0.0564. The van der Waals surface area contributed by atoms with E-state index < -0.39 is 0 Å². The quantitative estimate of drug-likeness (QED) is 0.846. The molecule has 1 aromatic heterocycles. The molecule has 0 atom stereocenters. The normalized spacial score (nSPS) is 14.5. The number of anilines is 1. The number of nitrogens with zero attached hydrogens (tertiary/aromatic N) is 2. The molecule has 0 saturated heterocycles. The van der Waals surface area contributed by atoms with E-state index in [1.807, 2.05) is 20.0 Å². The highest BCUT2D eigenvalue weighted by molar-refractivity contribution is 5.98. The van der Waals surface area contributed by atoms with Gasteiger partial charge in [0.25, 0.3) is 5.91 Å². The van der Waals surface area contributed by atoms with Crippen molar-refractivity contribution in [3.05, 3.63) is 23.9 Å². The number of rotatable bonds is 5. The molecule has 1 aliphatic rings. The second kappa shape index (κ2) is 5.17. The lowest BCUT2D eigenvalue weighted by molar-refractivity contribution is 0.0789. The minimum Gasteiger partial charge on any atom is -0.370 e. The maximum absolute atomic E-state index is 12.2. The fourth-order valence-corrected chi connectivity index (χ4v) is 1.86. The Morgan fingerprint density at radius 2 is 2.35 bits per heavy atom. The van der Waals surface area contributed by atoms with Crippen LogP contribution >= 0.6 is 0 Å². The molecule has 1 aliphatic carbocycles. The van der Waals surface area contributed by atoms with Crippen molar-refractivity contribution in [3.63, 3.8) is 0 Å². The summed E-state index contributed by atoms with van der Waals surface area (Å²) in [6, 6.07) is 3.63. The van der Waals surface area contributed by atoms with Gasteiger partial charge in [-0.05, 0) is 37.8 Å². The molecule has 1 amide bonds. The lowest BCUT2D eigenvalue weighted by atomic mass is 10.2. The van der Waals surface area contributed by atoms with E-state index >= 15 is 0 Å². The maximum atomic E-state index is 12.2. The zero-order valence-corrected chi connectivity index (χ0v) is 10.4. The van der Waals surface area contributed by atoms with Crippen LogP contribution in [-0.4, -0.2) is 35.9 Å². The Morgan fingerprint density at radius 1 is 1.59 bits per heavy atom. The molecule has 1 saturated carbocycles. The van der Waals surface area contributed by atoms with Crippen molar-refractivity contribution in [2.24, 2.45) is 5.92 Å². The van der Waals surface area contributed by atoms with Crippen molar-refractivity contribution in [1.29, 1.82) is 0 Å². The molecule has 0 unspecified atom stereocenters. The van der Waals surface area contributed by atoms with Gasteiger partial charge in [0.05, 0.1) is 5.56 Å². The molecule has 92 valence electrons. The minimum absolute atomic E-state index is 0.0564. The standard InChI is InChI=1S/C13H19N3O/c1-3-14-12-11(5-4-8-15-12)13(17)16(2)9-10-6-7-10/h4-5,8,10H,3,6-7,9H2,1-2H3,(H,14,15). The number of carbonyl (C=O) groups is 1. The summed E-state index contributed by atoms with van der Waals surface area (Å²) in [5.74, 6) is 1.45. The van der Waals surface area contributed by atoms with Crippen molar-refractivity contribution in [1.82, 2.24) is 9.88 Å². The van der Waals surface area contributed by atoms with Crippen LogP contribution in [0.15, 0.2) is 18.3 Å². The van der Waals surface area contributed by atoms with Crippen molar-refractivity contribution >= 4 is 11.7 Å². The Hall–Kier alpha value is -1.58. The van der Waals surface area contributed by atoms with Gasteiger partial charge in [0.1, 0.15) is 5.82 Å². The Bertz CT molecular complexity index is 401.